The molecule has 0 bridgehead atoms. The summed E-state index contributed by atoms with van der Waals surface area (Å²) in [7, 11) is -0.485. The van der Waals surface area contributed by atoms with Gasteiger partial charge in [0.25, 0.3) is 0 Å². The number of anilines is 1. The van der Waals surface area contributed by atoms with Crippen LogP contribution in [-0.2, 0) is 4.57 Å². The van der Waals surface area contributed by atoms with Crippen molar-refractivity contribution in [2.45, 2.75) is 0 Å². The molecule has 0 aliphatic carbocycles. The summed E-state index contributed by atoms with van der Waals surface area (Å²) in [6, 6.07) is 3.72. The lowest BCUT2D eigenvalue weighted by Gasteiger charge is -2.11. The minimum atomic E-state index is -2.31. The van der Waals surface area contributed by atoms with Crippen LogP contribution in [0.25, 0.3) is 5.65 Å². The quantitative estimate of drug-likeness (QED) is 0.774. The summed E-state index contributed by atoms with van der Waals surface area (Å²) in [6.45, 7) is 3.47. The third kappa shape index (κ3) is 1.63. The molecule has 2 rings (SSSR count). The van der Waals surface area contributed by atoms with Crippen molar-refractivity contribution in [1.82, 2.24) is 14.6 Å². The summed E-state index contributed by atoms with van der Waals surface area (Å²) in [5, 5.41) is 10.9. The predicted molar refractivity (Wildman–Crippen MR) is 61.6 cm³/mol. The van der Waals surface area contributed by atoms with Crippen molar-refractivity contribution in [1.29, 1.82) is 0 Å². The monoisotopic (exact) mass is 224 g/mol. The van der Waals surface area contributed by atoms with Gasteiger partial charge in [-0.15, -0.1) is 10.2 Å². The predicted octanol–water partition coefficient (Wildman–Crippen LogP) is 1.02. The lowest BCUT2D eigenvalue weighted by atomic mass is 10.4. The van der Waals surface area contributed by atoms with Crippen molar-refractivity contribution >= 4 is 23.9 Å². The molecule has 0 aromatic carbocycles. The topological polar surface area (TPSA) is 59.3 Å². The smallest absolute Gasteiger partial charge is 0.184 e. The molecule has 0 saturated heterocycles. The maximum atomic E-state index is 12.0. The van der Waals surface area contributed by atoms with Crippen LogP contribution in [0.4, 0.5) is 5.69 Å². The van der Waals surface area contributed by atoms with E-state index in [4.69, 9.17) is 0 Å². The fourth-order valence-electron chi connectivity index (χ4n) is 1.53. The van der Waals surface area contributed by atoms with E-state index < -0.39 is 7.14 Å². The molecule has 0 unspecified atom stereocenters. The van der Waals surface area contributed by atoms with Gasteiger partial charge in [-0.05, 0) is 25.5 Å². The molecule has 0 spiro atoms. The second-order valence-corrected chi connectivity index (χ2v) is 6.89. The molecule has 80 valence electrons. The van der Waals surface area contributed by atoms with E-state index in [1.807, 2.05) is 19.2 Å². The molecular formula is C9H13N4OP. The second-order valence-electron chi connectivity index (χ2n) is 3.73. The van der Waals surface area contributed by atoms with Gasteiger partial charge in [0.2, 0.25) is 0 Å². The van der Waals surface area contributed by atoms with Crippen molar-refractivity contribution in [3.05, 3.63) is 18.5 Å². The van der Waals surface area contributed by atoms with Gasteiger partial charge in [0.05, 0.1) is 11.1 Å². The van der Waals surface area contributed by atoms with E-state index in [1.165, 1.54) is 0 Å². The van der Waals surface area contributed by atoms with Gasteiger partial charge in [-0.3, -0.25) is 4.40 Å². The molecule has 1 N–H and O–H groups in total. The zero-order valence-corrected chi connectivity index (χ0v) is 9.82. The van der Waals surface area contributed by atoms with Crippen molar-refractivity contribution in [2.24, 2.45) is 0 Å². The van der Waals surface area contributed by atoms with E-state index in [-0.39, 0.29) is 0 Å². The maximum absolute atomic E-state index is 12.0. The van der Waals surface area contributed by atoms with Gasteiger partial charge in [0.1, 0.15) is 13.5 Å². The van der Waals surface area contributed by atoms with Crippen molar-refractivity contribution < 1.29 is 4.57 Å². The zero-order chi connectivity index (χ0) is 11.1. The molecule has 0 aliphatic rings. The third-order valence-corrected chi connectivity index (χ3v) is 3.72. The van der Waals surface area contributed by atoms with Crippen LogP contribution < -0.4 is 10.8 Å². The zero-order valence-electron chi connectivity index (χ0n) is 8.93. The Balaban J connectivity index is 2.80. The van der Waals surface area contributed by atoms with Crippen LogP contribution in [0, 0.1) is 0 Å². The van der Waals surface area contributed by atoms with Crippen LogP contribution in [0.5, 0.6) is 0 Å². The standard InChI is InChI=1S/C9H13N4OP/c1-10-7-4-5-8(15(2,3)14)13-6-11-12-9(7)13/h4-6,10H,1-3H3. The van der Waals surface area contributed by atoms with Gasteiger partial charge >= 0.3 is 0 Å². The number of aromatic nitrogens is 3. The van der Waals surface area contributed by atoms with E-state index in [0.29, 0.717) is 5.65 Å². The average Bonchev–Trinajstić information content (AvgIpc) is 2.62. The van der Waals surface area contributed by atoms with Gasteiger partial charge in [-0.2, -0.15) is 0 Å². The Bertz CT molecular complexity index is 542. The molecular weight excluding hydrogens is 211 g/mol. The number of hydrogen-bond acceptors (Lipinski definition) is 4. The van der Waals surface area contributed by atoms with Crippen LogP contribution in [0.3, 0.4) is 0 Å². The molecule has 2 aromatic rings. The van der Waals surface area contributed by atoms with Gasteiger partial charge in [0, 0.05) is 7.05 Å². The highest BCUT2D eigenvalue weighted by molar-refractivity contribution is 7.69. The summed E-state index contributed by atoms with van der Waals surface area (Å²) in [5.74, 6) is 0. The lowest BCUT2D eigenvalue weighted by Crippen LogP contribution is -2.14. The highest BCUT2D eigenvalue weighted by Crippen LogP contribution is 2.35. The average molecular weight is 224 g/mol. The van der Waals surface area contributed by atoms with Crippen molar-refractivity contribution in [2.75, 3.05) is 25.7 Å². The summed E-state index contributed by atoms with van der Waals surface area (Å²) < 4.78 is 13.8. The molecule has 0 amide bonds. The molecule has 0 aliphatic heterocycles. The number of nitrogens with zero attached hydrogens (tertiary/aromatic N) is 3. The van der Waals surface area contributed by atoms with E-state index in [2.05, 4.69) is 15.5 Å². The van der Waals surface area contributed by atoms with Crippen LogP contribution in [0.15, 0.2) is 18.5 Å². The molecule has 0 radical (unpaired) electrons. The van der Waals surface area contributed by atoms with E-state index in [9.17, 15) is 4.57 Å². The number of hydrogen-bond donors (Lipinski definition) is 1. The number of fused-ring (bicyclic) bond motifs is 1. The Morgan fingerprint density at radius 2 is 2.13 bits per heavy atom. The summed E-state index contributed by atoms with van der Waals surface area (Å²) >= 11 is 0. The minimum absolute atomic E-state index is 0.707. The molecule has 0 atom stereocenters. The Morgan fingerprint density at radius 1 is 1.40 bits per heavy atom. The Morgan fingerprint density at radius 3 is 2.73 bits per heavy atom. The minimum Gasteiger partial charge on any atom is -0.385 e. The number of pyridine rings is 1. The van der Waals surface area contributed by atoms with Crippen molar-refractivity contribution in [3.63, 3.8) is 0 Å². The van der Waals surface area contributed by atoms with Gasteiger partial charge in [-0.1, -0.05) is 0 Å². The first-order valence-corrected chi connectivity index (χ1v) is 7.20. The molecule has 0 saturated carbocycles. The van der Waals surface area contributed by atoms with Gasteiger partial charge in [-0.25, -0.2) is 0 Å². The molecule has 6 heteroatoms. The molecule has 2 aromatic heterocycles. The number of nitrogens with one attached hydrogen (secondary N) is 1. The molecule has 5 nitrogen and oxygen atoms in total. The fraction of sp³-hybridized carbons (Fsp3) is 0.333. The van der Waals surface area contributed by atoms with E-state index >= 15 is 0 Å². The summed E-state index contributed by atoms with van der Waals surface area (Å²) in [4.78, 5) is 0. The van der Waals surface area contributed by atoms with Crippen LogP contribution in [0.2, 0.25) is 0 Å². The molecule has 15 heavy (non-hydrogen) atoms. The van der Waals surface area contributed by atoms with Crippen LogP contribution >= 0.6 is 7.14 Å². The fourth-order valence-corrected chi connectivity index (χ4v) is 2.63. The van der Waals surface area contributed by atoms with E-state index in [1.54, 1.807) is 24.1 Å². The first-order chi connectivity index (χ1) is 7.04. The SMILES string of the molecule is CNc1ccc(P(C)(C)=O)n2cnnc12. The first kappa shape index (κ1) is 10.2. The summed E-state index contributed by atoms with van der Waals surface area (Å²) in [6.07, 6.45) is 1.59. The number of rotatable bonds is 2. The largest absolute Gasteiger partial charge is 0.385 e. The lowest BCUT2D eigenvalue weighted by molar-refractivity contribution is 0.587. The Labute approximate surface area is 87.9 Å². The summed E-state index contributed by atoms with van der Waals surface area (Å²) in [5.41, 5.74) is 2.35. The molecule has 0 fully saturated rings. The Hall–Kier alpha value is -1.35. The third-order valence-electron chi connectivity index (χ3n) is 2.26. The maximum Gasteiger partial charge on any atom is 0.184 e. The van der Waals surface area contributed by atoms with Gasteiger partial charge in [0.15, 0.2) is 5.65 Å². The normalized spacial score (nSPS) is 11.9. The molecule has 2 heterocycles. The highest BCUT2D eigenvalue weighted by atomic mass is 31.2. The van der Waals surface area contributed by atoms with Crippen LogP contribution in [0.1, 0.15) is 0 Å². The van der Waals surface area contributed by atoms with Gasteiger partial charge < -0.3 is 9.88 Å². The first-order valence-electron chi connectivity index (χ1n) is 4.60. The van der Waals surface area contributed by atoms with Crippen LogP contribution in [-0.4, -0.2) is 35.0 Å². The second kappa shape index (κ2) is 3.35. The van der Waals surface area contributed by atoms with E-state index in [0.717, 1.165) is 11.1 Å². The Kier molecular flexibility index (Phi) is 2.27. The van der Waals surface area contributed by atoms with Crippen molar-refractivity contribution in [3.8, 4) is 0 Å². The highest BCUT2D eigenvalue weighted by Gasteiger charge is 2.16.